The molecule has 2 bridgehead atoms. The topological polar surface area (TPSA) is 52.7 Å². The lowest BCUT2D eigenvalue weighted by molar-refractivity contribution is -0.132. The fourth-order valence-electron chi connectivity index (χ4n) is 5.56. The third-order valence-corrected chi connectivity index (χ3v) is 8.24. The first-order chi connectivity index (χ1) is 13.5. The van der Waals surface area contributed by atoms with Crippen molar-refractivity contribution in [3.63, 3.8) is 0 Å². The lowest BCUT2D eigenvalue weighted by atomic mass is 9.72. The van der Waals surface area contributed by atoms with E-state index in [1.807, 2.05) is 14.1 Å². The van der Waals surface area contributed by atoms with E-state index in [0.29, 0.717) is 18.6 Å². The summed E-state index contributed by atoms with van der Waals surface area (Å²) in [5, 5.41) is 5.56. The van der Waals surface area contributed by atoms with E-state index in [2.05, 4.69) is 27.7 Å². The molecule has 1 aliphatic carbocycles. The number of nitrogens with one attached hydrogen (secondary N) is 1. The van der Waals surface area contributed by atoms with Crippen LogP contribution < -0.4 is 5.32 Å². The minimum absolute atomic E-state index is 0.179. The van der Waals surface area contributed by atoms with E-state index in [0.717, 1.165) is 51.4 Å². The molecule has 3 fully saturated rings. The van der Waals surface area contributed by atoms with Crippen molar-refractivity contribution < 1.29 is 9.59 Å². The molecule has 1 saturated carbocycles. The summed E-state index contributed by atoms with van der Waals surface area (Å²) in [6, 6.07) is 5.32. The Bertz CT molecular complexity index is 683. The van der Waals surface area contributed by atoms with Gasteiger partial charge in [0.05, 0.1) is 12.0 Å². The highest BCUT2D eigenvalue weighted by Gasteiger charge is 2.46. The van der Waals surface area contributed by atoms with Crippen molar-refractivity contribution in [1.82, 2.24) is 15.1 Å². The molecule has 1 aromatic heterocycles. The van der Waals surface area contributed by atoms with Gasteiger partial charge in [-0.2, -0.15) is 0 Å². The molecule has 28 heavy (non-hydrogen) atoms. The molecule has 2 aliphatic heterocycles. The average Bonchev–Trinajstić information content (AvgIpc) is 3.30. The number of nitrogens with zero attached hydrogens (tertiary/aromatic N) is 2. The van der Waals surface area contributed by atoms with Crippen molar-refractivity contribution in [2.45, 2.75) is 81.3 Å². The van der Waals surface area contributed by atoms with Crippen LogP contribution in [-0.4, -0.2) is 60.4 Å². The highest BCUT2D eigenvalue weighted by Crippen LogP contribution is 2.42. The summed E-state index contributed by atoms with van der Waals surface area (Å²) in [5.74, 6) is 0.426. The number of fused-ring (bicyclic) bond motifs is 2. The van der Waals surface area contributed by atoms with Crippen molar-refractivity contribution in [2.75, 3.05) is 20.6 Å². The van der Waals surface area contributed by atoms with Crippen LogP contribution in [0.25, 0.3) is 0 Å². The molecule has 2 atom stereocenters. The van der Waals surface area contributed by atoms with Crippen LogP contribution in [0.3, 0.4) is 0 Å². The number of amides is 2. The van der Waals surface area contributed by atoms with Gasteiger partial charge in [0.15, 0.2) is 0 Å². The van der Waals surface area contributed by atoms with E-state index in [1.54, 1.807) is 16.2 Å². The molecular formula is C22H33N3O2S. The highest BCUT2D eigenvalue weighted by molar-refractivity contribution is 7.10. The summed E-state index contributed by atoms with van der Waals surface area (Å²) < 4.78 is 0. The number of rotatable bonds is 5. The maximum atomic E-state index is 13.5. The third kappa shape index (κ3) is 3.73. The zero-order valence-corrected chi connectivity index (χ0v) is 18.0. The van der Waals surface area contributed by atoms with Gasteiger partial charge in [-0.1, -0.05) is 25.3 Å². The number of carbonyl (C=O) groups excluding carboxylic acids is 2. The minimum Gasteiger partial charge on any atom is -0.352 e. The first-order valence-corrected chi connectivity index (χ1v) is 11.7. The van der Waals surface area contributed by atoms with E-state index in [4.69, 9.17) is 0 Å². The number of carbonyl (C=O) groups is 2. The van der Waals surface area contributed by atoms with Gasteiger partial charge in [-0.3, -0.25) is 14.5 Å². The van der Waals surface area contributed by atoms with Crippen LogP contribution in [0.1, 0.15) is 62.7 Å². The summed E-state index contributed by atoms with van der Waals surface area (Å²) in [4.78, 5) is 31.0. The summed E-state index contributed by atoms with van der Waals surface area (Å²) in [6.07, 6.45) is 9.71. The fourth-order valence-corrected chi connectivity index (χ4v) is 6.55. The maximum absolute atomic E-state index is 13.5. The normalized spacial score (nSPS) is 29.4. The van der Waals surface area contributed by atoms with Crippen LogP contribution in [0.5, 0.6) is 0 Å². The second kappa shape index (κ2) is 8.15. The van der Waals surface area contributed by atoms with Gasteiger partial charge >= 0.3 is 0 Å². The summed E-state index contributed by atoms with van der Waals surface area (Å²) in [6.45, 7) is 0.516. The number of likely N-dealkylation sites (N-methyl/N-ethyl adjacent to an activating group) is 1. The smallest absolute Gasteiger partial charge is 0.236 e. The van der Waals surface area contributed by atoms with E-state index in [-0.39, 0.29) is 23.3 Å². The number of hydrogen-bond donors (Lipinski definition) is 1. The Hall–Kier alpha value is -1.40. The molecule has 0 radical (unpaired) electrons. The Kier molecular flexibility index (Phi) is 5.79. The molecule has 2 amide bonds. The lowest BCUT2D eigenvalue weighted by Gasteiger charge is -2.41. The number of hydrogen-bond acceptors (Lipinski definition) is 4. The highest BCUT2D eigenvalue weighted by atomic mass is 32.1. The van der Waals surface area contributed by atoms with Crippen molar-refractivity contribution >= 4 is 23.2 Å². The van der Waals surface area contributed by atoms with Crippen LogP contribution in [-0.2, 0) is 15.0 Å². The van der Waals surface area contributed by atoms with Gasteiger partial charge in [-0.25, -0.2) is 0 Å². The molecule has 154 valence electrons. The van der Waals surface area contributed by atoms with Crippen molar-refractivity contribution in [3.8, 4) is 0 Å². The van der Waals surface area contributed by atoms with Gasteiger partial charge in [-0.15, -0.1) is 11.3 Å². The molecule has 3 heterocycles. The molecule has 2 unspecified atom stereocenters. The van der Waals surface area contributed by atoms with Crippen LogP contribution in [0.4, 0.5) is 0 Å². The first kappa shape index (κ1) is 19.9. The first-order valence-electron chi connectivity index (χ1n) is 10.8. The Morgan fingerprint density at radius 3 is 2.43 bits per heavy atom. The lowest BCUT2D eigenvalue weighted by Crippen LogP contribution is -2.55. The summed E-state index contributed by atoms with van der Waals surface area (Å²) in [7, 11) is 3.65. The molecule has 5 nitrogen and oxygen atoms in total. The zero-order chi connectivity index (χ0) is 19.7. The third-order valence-electron chi connectivity index (χ3n) is 7.17. The SMILES string of the molecule is CN(C)C(=O)CN1C2CCC1CC(NC(=O)C1(c3cccs3)CCCCC1)C2. The van der Waals surface area contributed by atoms with Gasteiger partial charge < -0.3 is 10.2 Å². The van der Waals surface area contributed by atoms with Crippen LogP contribution >= 0.6 is 11.3 Å². The van der Waals surface area contributed by atoms with E-state index < -0.39 is 0 Å². The minimum atomic E-state index is -0.316. The molecule has 2 saturated heterocycles. The van der Waals surface area contributed by atoms with Gasteiger partial charge in [0.1, 0.15) is 0 Å². The molecule has 1 N–H and O–H groups in total. The van der Waals surface area contributed by atoms with Crippen molar-refractivity contribution in [1.29, 1.82) is 0 Å². The molecule has 0 spiro atoms. The molecule has 1 aromatic rings. The predicted molar refractivity (Wildman–Crippen MR) is 112 cm³/mol. The average molecular weight is 404 g/mol. The monoisotopic (exact) mass is 403 g/mol. The molecule has 3 aliphatic rings. The van der Waals surface area contributed by atoms with Gasteiger partial charge in [0.2, 0.25) is 11.8 Å². The van der Waals surface area contributed by atoms with Gasteiger partial charge in [-0.05, 0) is 50.0 Å². The Morgan fingerprint density at radius 1 is 1.18 bits per heavy atom. The Balaban J connectivity index is 1.42. The molecule has 6 heteroatoms. The predicted octanol–water partition coefficient (Wildman–Crippen LogP) is 3.15. The zero-order valence-electron chi connectivity index (χ0n) is 17.2. The summed E-state index contributed by atoms with van der Waals surface area (Å²) >= 11 is 1.73. The largest absolute Gasteiger partial charge is 0.352 e. The van der Waals surface area contributed by atoms with E-state index in [9.17, 15) is 9.59 Å². The van der Waals surface area contributed by atoms with E-state index >= 15 is 0 Å². The van der Waals surface area contributed by atoms with Crippen LogP contribution in [0.2, 0.25) is 0 Å². The quantitative estimate of drug-likeness (QED) is 0.822. The molecule has 4 rings (SSSR count). The van der Waals surface area contributed by atoms with Crippen molar-refractivity contribution in [3.05, 3.63) is 22.4 Å². The molecular weight excluding hydrogens is 370 g/mol. The Labute approximate surface area is 172 Å². The maximum Gasteiger partial charge on any atom is 0.236 e. The second-order valence-electron chi connectivity index (χ2n) is 9.11. The standard InChI is InChI=1S/C22H33N3O2S/c1-24(2)20(26)15-25-17-8-9-18(25)14-16(13-17)23-21(27)22(10-4-3-5-11-22)19-7-6-12-28-19/h6-7,12,16-18H,3-5,8-11,13-15H2,1-2H3,(H,23,27). The van der Waals surface area contributed by atoms with Crippen LogP contribution in [0.15, 0.2) is 17.5 Å². The van der Waals surface area contributed by atoms with Crippen LogP contribution in [0, 0.1) is 0 Å². The van der Waals surface area contributed by atoms with Gasteiger partial charge in [0, 0.05) is 37.1 Å². The summed E-state index contributed by atoms with van der Waals surface area (Å²) in [5.41, 5.74) is -0.316. The fraction of sp³-hybridized carbons (Fsp3) is 0.727. The number of thiophene rings is 1. The van der Waals surface area contributed by atoms with E-state index in [1.165, 1.54) is 11.3 Å². The van der Waals surface area contributed by atoms with Crippen molar-refractivity contribution in [2.24, 2.45) is 0 Å². The Morgan fingerprint density at radius 2 is 1.86 bits per heavy atom. The van der Waals surface area contributed by atoms with Gasteiger partial charge in [0.25, 0.3) is 0 Å². The second-order valence-corrected chi connectivity index (χ2v) is 10.1. The number of piperidine rings is 1. The molecule has 0 aromatic carbocycles.